The van der Waals surface area contributed by atoms with Gasteiger partial charge in [0.05, 0.1) is 0 Å². The summed E-state index contributed by atoms with van der Waals surface area (Å²) in [5, 5.41) is 3.37. The van der Waals surface area contributed by atoms with Crippen LogP contribution in [0.1, 0.15) is 20.8 Å². The van der Waals surface area contributed by atoms with E-state index >= 15 is 0 Å². The van der Waals surface area contributed by atoms with Crippen LogP contribution in [0.4, 0.5) is 0 Å². The quantitative estimate of drug-likeness (QED) is 0.618. The van der Waals surface area contributed by atoms with E-state index in [1.807, 2.05) is 25.2 Å². The van der Waals surface area contributed by atoms with Crippen molar-refractivity contribution in [3.8, 4) is 0 Å². The Morgan fingerprint density at radius 2 is 2.15 bits per heavy atom. The highest BCUT2D eigenvalue weighted by Gasteiger charge is 1.93. The second-order valence-electron chi connectivity index (χ2n) is 3.50. The number of nitrogens with one attached hydrogen (secondary N) is 1. The van der Waals surface area contributed by atoms with Crippen LogP contribution in [0.15, 0.2) is 36.5 Å². The summed E-state index contributed by atoms with van der Waals surface area (Å²) in [6.45, 7) is 12.2. The van der Waals surface area contributed by atoms with E-state index < -0.39 is 0 Å². The fourth-order valence-electron chi connectivity index (χ4n) is 0.924. The highest BCUT2D eigenvalue weighted by atomic mass is 14.8. The topological polar surface area (TPSA) is 12.0 Å². The van der Waals surface area contributed by atoms with Gasteiger partial charge in [-0.2, -0.15) is 0 Å². The van der Waals surface area contributed by atoms with E-state index in [0.717, 1.165) is 13.1 Å². The zero-order valence-electron chi connectivity index (χ0n) is 9.01. The molecule has 0 aliphatic carbocycles. The molecule has 0 aromatic heterocycles. The molecular formula is C12H21N. The first kappa shape index (κ1) is 12.2. The Hall–Kier alpha value is -0.820. The Morgan fingerprint density at radius 1 is 1.46 bits per heavy atom. The van der Waals surface area contributed by atoms with Crippen molar-refractivity contribution >= 4 is 0 Å². The number of hydrogen-bond donors (Lipinski definition) is 1. The normalized spacial score (nSPS) is 12.8. The van der Waals surface area contributed by atoms with Gasteiger partial charge in [0, 0.05) is 6.54 Å². The number of hydrogen-bond acceptors (Lipinski definition) is 1. The van der Waals surface area contributed by atoms with Gasteiger partial charge in [-0.15, -0.1) is 0 Å². The number of rotatable bonds is 6. The standard InChI is InChI=1S/C12H21N/c1-5-7-8-12(6-2)10-13-9-11(3)4/h5-8,11,13H,2,9-10H2,1,3-4H3/b7-5-,12-8+. The zero-order valence-corrected chi connectivity index (χ0v) is 9.01. The molecule has 0 spiro atoms. The van der Waals surface area contributed by atoms with Crippen molar-refractivity contribution in [2.24, 2.45) is 5.92 Å². The molecule has 74 valence electrons. The summed E-state index contributed by atoms with van der Waals surface area (Å²) in [6, 6.07) is 0. The van der Waals surface area contributed by atoms with Gasteiger partial charge >= 0.3 is 0 Å². The van der Waals surface area contributed by atoms with Crippen molar-refractivity contribution in [3.63, 3.8) is 0 Å². The Kier molecular flexibility index (Phi) is 7.32. The molecule has 0 bridgehead atoms. The van der Waals surface area contributed by atoms with Gasteiger partial charge in [0.25, 0.3) is 0 Å². The summed E-state index contributed by atoms with van der Waals surface area (Å²) in [5.41, 5.74) is 1.23. The van der Waals surface area contributed by atoms with Crippen LogP contribution in [0.3, 0.4) is 0 Å². The van der Waals surface area contributed by atoms with E-state index in [4.69, 9.17) is 0 Å². The summed E-state index contributed by atoms with van der Waals surface area (Å²) < 4.78 is 0. The van der Waals surface area contributed by atoms with E-state index in [2.05, 4.69) is 31.8 Å². The predicted octanol–water partition coefficient (Wildman–Crippen LogP) is 2.92. The SMILES string of the molecule is C=C/C(=C\C=C/C)CNCC(C)C. The molecule has 1 nitrogen and oxygen atoms in total. The third kappa shape index (κ3) is 7.54. The van der Waals surface area contributed by atoms with Gasteiger partial charge in [0.1, 0.15) is 0 Å². The lowest BCUT2D eigenvalue weighted by Gasteiger charge is -2.07. The van der Waals surface area contributed by atoms with Crippen molar-refractivity contribution in [2.45, 2.75) is 20.8 Å². The Balaban J connectivity index is 3.79. The van der Waals surface area contributed by atoms with Gasteiger partial charge in [-0.25, -0.2) is 0 Å². The molecule has 0 aliphatic rings. The Morgan fingerprint density at radius 3 is 2.62 bits per heavy atom. The minimum atomic E-state index is 0.702. The lowest BCUT2D eigenvalue weighted by Crippen LogP contribution is -2.21. The summed E-state index contributed by atoms with van der Waals surface area (Å²) in [4.78, 5) is 0. The molecule has 0 radical (unpaired) electrons. The average Bonchev–Trinajstić information content (AvgIpc) is 2.10. The minimum absolute atomic E-state index is 0.702. The molecule has 0 amide bonds. The summed E-state index contributed by atoms with van der Waals surface area (Å²) >= 11 is 0. The molecule has 13 heavy (non-hydrogen) atoms. The van der Waals surface area contributed by atoms with Gasteiger partial charge in [-0.3, -0.25) is 0 Å². The molecule has 0 atom stereocenters. The maximum Gasteiger partial charge on any atom is 0.0205 e. The lowest BCUT2D eigenvalue weighted by molar-refractivity contribution is 0.573. The van der Waals surface area contributed by atoms with Crippen molar-refractivity contribution < 1.29 is 0 Å². The summed E-state index contributed by atoms with van der Waals surface area (Å²) in [7, 11) is 0. The van der Waals surface area contributed by atoms with Crippen LogP contribution >= 0.6 is 0 Å². The molecule has 0 rings (SSSR count). The fourth-order valence-corrected chi connectivity index (χ4v) is 0.924. The van der Waals surface area contributed by atoms with Crippen LogP contribution in [0.2, 0.25) is 0 Å². The summed E-state index contributed by atoms with van der Waals surface area (Å²) in [5.74, 6) is 0.702. The van der Waals surface area contributed by atoms with E-state index in [-0.39, 0.29) is 0 Å². The van der Waals surface area contributed by atoms with Crippen molar-refractivity contribution in [2.75, 3.05) is 13.1 Å². The predicted molar refractivity (Wildman–Crippen MR) is 60.8 cm³/mol. The van der Waals surface area contributed by atoms with Crippen molar-refractivity contribution in [1.82, 2.24) is 5.32 Å². The zero-order chi connectivity index (χ0) is 10.1. The molecule has 0 heterocycles. The Labute approximate surface area is 82.2 Å². The molecule has 0 unspecified atom stereocenters. The molecule has 0 aliphatic heterocycles. The maximum absolute atomic E-state index is 3.77. The van der Waals surface area contributed by atoms with E-state index in [1.165, 1.54) is 5.57 Å². The first-order valence-electron chi connectivity index (χ1n) is 4.85. The average molecular weight is 179 g/mol. The largest absolute Gasteiger partial charge is 0.312 e. The van der Waals surface area contributed by atoms with Crippen LogP contribution in [-0.4, -0.2) is 13.1 Å². The molecule has 0 aromatic rings. The molecule has 1 heteroatoms. The van der Waals surface area contributed by atoms with Crippen molar-refractivity contribution in [1.29, 1.82) is 0 Å². The number of allylic oxidation sites excluding steroid dienone is 3. The van der Waals surface area contributed by atoms with Gasteiger partial charge in [0.15, 0.2) is 0 Å². The van der Waals surface area contributed by atoms with Crippen LogP contribution in [-0.2, 0) is 0 Å². The minimum Gasteiger partial charge on any atom is -0.312 e. The van der Waals surface area contributed by atoms with Crippen LogP contribution in [0, 0.1) is 5.92 Å². The van der Waals surface area contributed by atoms with Gasteiger partial charge in [-0.05, 0) is 25.0 Å². The second kappa shape index (κ2) is 7.81. The molecule has 1 N–H and O–H groups in total. The highest BCUT2D eigenvalue weighted by molar-refractivity contribution is 5.23. The third-order valence-corrected chi connectivity index (χ3v) is 1.65. The van der Waals surface area contributed by atoms with E-state index in [9.17, 15) is 0 Å². The molecule has 0 saturated carbocycles. The van der Waals surface area contributed by atoms with Crippen molar-refractivity contribution in [3.05, 3.63) is 36.5 Å². The maximum atomic E-state index is 3.77. The fraction of sp³-hybridized carbons (Fsp3) is 0.500. The van der Waals surface area contributed by atoms with Gasteiger partial charge in [-0.1, -0.05) is 44.7 Å². The van der Waals surface area contributed by atoms with Gasteiger partial charge in [0.2, 0.25) is 0 Å². The Bertz CT molecular complexity index is 187. The van der Waals surface area contributed by atoms with Gasteiger partial charge < -0.3 is 5.32 Å². The smallest absolute Gasteiger partial charge is 0.0205 e. The molecular weight excluding hydrogens is 158 g/mol. The van der Waals surface area contributed by atoms with E-state index in [0.29, 0.717) is 5.92 Å². The van der Waals surface area contributed by atoms with Crippen LogP contribution in [0.25, 0.3) is 0 Å². The van der Waals surface area contributed by atoms with Crippen LogP contribution in [0.5, 0.6) is 0 Å². The van der Waals surface area contributed by atoms with Crippen LogP contribution < -0.4 is 5.32 Å². The third-order valence-electron chi connectivity index (χ3n) is 1.65. The second-order valence-corrected chi connectivity index (χ2v) is 3.50. The molecule has 0 saturated heterocycles. The monoisotopic (exact) mass is 179 g/mol. The highest BCUT2D eigenvalue weighted by Crippen LogP contribution is 1.95. The summed E-state index contributed by atoms with van der Waals surface area (Å²) in [6.07, 6.45) is 8.04. The lowest BCUT2D eigenvalue weighted by atomic mass is 10.2. The first-order valence-corrected chi connectivity index (χ1v) is 4.85. The molecule has 0 fully saturated rings. The first-order chi connectivity index (χ1) is 6.20. The molecule has 0 aromatic carbocycles. The van der Waals surface area contributed by atoms with E-state index in [1.54, 1.807) is 0 Å².